The molecule has 0 saturated heterocycles. The average molecular weight is 385 g/mol. The van der Waals surface area contributed by atoms with Crippen LogP contribution in [0.3, 0.4) is 0 Å². The summed E-state index contributed by atoms with van der Waals surface area (Å²) in [5, 5.41) is 11.7. The van der Waals surface area contributed by atoms with Crippen molar-refractivity contribution in [1.29, 1.82) is 0 Å². The highest BCUT2D eigenvalue weighted by Gasteiger charge is 2.35. The molecular weight excluding hydrogens is 362 g/mol. The molecule has 2 rings (SSSR count). The van der Waals surface area contributed by atoms with Crippen molar-refractivity contribution in [3.8, 4) is 0 Å². The molecule has 0 aromatic heterocycles. The minimum Gasteiger partial charge on any atom is -0.478 e. The van der Waals surface area contributed by atoms with Gasteiger partial charge in [0.15, 0.2) is 5.12 Å². The van der Waals surface area contributed by atoms with E-state index in [9.17, 15) is 14.4 Å². The Balaban J connectivity index is 2.08. The van der Waals surface area contributed by atoms with Gasteiger partial charge in [0.2, 0.25) is 5.91 Å². The fourth-order valence-electron chi connectivity index (χ4n) is 2.80. The number of hydrogen-bond acceptors (Lipinski definition) is 4. The van der Waals surface area contributed by atoms with Crippen LogP contribution in [0.15, 0.2) is 54.6 Å². The fourth-order valence-corrected chi connectivity index (χ4v) is 3.82. The van der Waals surface area contributed by atoms with Gasteiger partial charge in [-0.2, -0.15) is 0 Å². The van der Waals surface area contributed by atoms with E-state index in [1.807, 2.05) is 30.3 Å². The monoisotopic (exact) mass is 385 g/mol. The Kier molecular flexibility index (Phi) is 7.19. The van der Waals surface area contributed by atoms with Crippen molar-refractivity contribution in [2.24, 2.45) is 0 Å². The highest BCUT2D eigenvalue weighted by atomic mass is 32.2. The van der Waals surface area contributed by atoms with Crippen molar-refractivity contribution in [3.05, 3.63) is 65.7 Å². The second-order valence-corrected chi connectivity index (χ2v) is 8.18. The summed E-state index contributed by atoms with van der Waals surface area (Å²) < 4.78 is -0.931. The maximum Gasteiger partial charge on any atom is 0.335 e. The number of nitrogens with one attached hydrogen (secondary N) is 1. The van der Waals surface area contributed by atoms with Gasteiger partial charge in [0.1, 0.15) is 0 Å². The number of anilines is 1. The van der Waals surface area contributed by atoms with E-state index in [1.54, 1.807) is 19.1 Å². The Bertz CT molecular complexity index is 822. The molecule has 0 aliphatic carbocycles. The van der Waals surface area contributed by atoms with Crippen molar-refractivity contribution in [3.63, 3.8) is 0 Å². The topological polar surface area (TPSA) is 83.5 Å². The molecule has 2 N–H and O–H groups in total. The molecule has 0 spiro atoms. The number of aryl methyl sites for hydroxylation is 1. The number of thioether (sulfide) groups is 1. The largest absolute Gasteiger partial charge is 0.478 e. The Hall–Kier alpha value is -2.60. The number of carbonyl (C=O) groups is 3. The van der Waals surface area contributed by atoms with Crippen LogP contribution in [0.1, 0.15) is 42.6 Å². The zero-order valence-corrected chi connectivity index (χ0v) is 16.2. The van der Waals surface area contributed by atoms with E-state index >= 15 is 0 Å². The second kappa shape index (κ2) is 9.37. The van der Waals surface area contributed by atoms with E-state index in [-0.39, 0.29) is 16.6 Å². The quantitative estimate of drug-likeness (QED) is 0.704. The molecule has 0 radical (unpaired) electrons. The normalized spacial score (nSPS) is 12.8. The van der Waals surface area contributed by atoms with Gasteiger partial charge in [-0.05, 0) is 49.9 Å². The van der Waals surface area contributed by atoms with Crippen LogP contribution in [-0.4, -0.2) is 26.8 Å². The number of hydrogen-bond donors (Lipinski definition) is 2. The van der Waals surface area contributed by atoms with Crippen LogP contribution in [0, 0.1) is 0 Å². The predicted octanol–water partition coefficient (Wildman–Crippen LogP) is 4.38. The van der Waals surface area contributed by atoms with Gasteiger partial charge in [-0.25, -0.2) is 4.79 Å². The highest BCUT2D eigenvalue weighted by Crippen LogP contribution is 2.33. The van der Waals surface area contributed by atoms with Gasteiger partial charge >= 0.3 is 5.97 Å². The Morgan fingerprint density at radius 1 is 1.07 bits per heavy atom. The summed E-state index contributed by atoms with van der Waals surface area (Å²) in [5.74, 6) is -1.37. The molecule has 5 nitrogen and oxygen atoms in total. The van der Waals surface area contributed by atoms with E-state index in [0.717, 1.165) is 24.6 Å². The smallest absolute Gasteiger partial charge is 0.335 e. The summed E-state index contributed by atoms with van der Waals surface area (Å²) in [7, 11) is 0. The third-order valence-corrected chi connectivity index (χ3v) is 5.31. The van der Waals surface area contributed by atoms with Crippen molar-refractivity contribution in [2.45, 2.75) is 37.9 Å². The number of amides is 1. The third-order valence-electron chi connectivity index (χ3n) is 4.18. The summed E-state index contributed by atoms with van der Waals surface area (Å²) >= 11 is 1.01. The first kappa shape index (κ1) is 20.7. The number of aromatic carboxylic acids is 1. The maximum absolute atomic E-state index is 12.9. The van der Waals surface area contributed by atoms with Gasteiger partial charge in [-0.15, -0.1) is 0 Å². The third kappa shape index (κ3) is 6.25. The number of benzene rings is 2. The zero-order chi connectivity index (χ0) is 19.9. The molecule has 2 aromatic carbocycles. The summed E-state index contributed by atoms with van der Waals surface area (Å²) in [6, 6.07) is 16.0. The van der Waals surface area contributed by atoms with Gasteiger partial charge in [0.05, 0.1) is 10.3 Å². The molecular formula is C21H23NO4S. The van der Waals surface area contributed by atoms with Gasteiger partial charge < -0.3 is 10.4 Å². The van der Waals surface area contributed by atoms with Gasteiger partial charge in [-0.3, -0.25) is 9.59 Å². The lowest BCUT2D eigenvalue weighted by Crippen LogP contribution is -2.38. The molecule has 0 aliphatic heterocycles. The lowest BCUT2D eigenvalue weighted by Gasteiger charge is -2.26. The summed E-state index contributed by atoms with van der Waals surface area (Å²) in [5.41, 5.74) is 1.68. The first-order valence-corrected chi connectivity index (χ1v) is 9.50. The SMILES string of the molecule is CC(=O)SC(C)(CCCc1ccccc1)C(=O)Nc1cccc(C(=O)O)c1. The predicted molar refractivity (Wildman–Crippen MR) is 108 cm³/mol. The van der Waals surface area contributed by atoms with E-state index in [0.29, 0.717) is 12.1 Å². The van der Waals surface area contributed by atoms with Gasteiger partial charge in [-0.1, -0.05) is 48.2 Å². The van der Waals surface area contributed by atoms with E-state index in [4.69, 9.17) is 5.11 Å². The summed E-state index contributed by atoms with van der Waals surface area (Å²) in [6.07, 6.45) is 2.09. The fraction of sp³-hybridized carbons (Fsp3) is 0.286. The van der Waals surface area contributed by atoms with Gasteiger partial charge in [0, 0.05) is 12.6 Å². The standard InChI is InChI=1S/C21H23NO4S/c1-15(23)27-21(2,13-7-10-16-8-4-3-5-9-16)20(26)22-18-12-6-11-17(14-18)19(24)25/h3-6,8-9,11-12,14H,7,10,13H2,1-2H3,(H,22,26)(H,24,25). The molecule has 0 fully saturated rings. The van der Waals surface area contributed by atoms with Crippen LogP contribution < -0.4 is 5.32 Å². The molecule has 27 heavy (non-hydrogen) atoms. The van der Waals surface area contributed by atoms with Crippen molar-refractivity contribution in [1.82, 2.24) is 0 Å². The minimum absolute atomic E-state index is 0.0952. The molecule has 0 aliphatic rings. The van der Waals surface area contributed by atoms with Crippen molar-refractivity contribution < 1.29 is 19.5 Å². The first-order valence-electron chi connectivity index (χ1n) is 8.68. The van der Waals surface area contributed by atoms with E-state index in [2.05, 4.69) is 5.32 Å². The van der Waals surface area contributed by atoms with E-state index < -0.39 is 10.7 Å². The maximum atomic E-state index is 12.9. The van der Waals surface area contributed by atoms with Crippen molar-refractivity contribution in [2.75, 3.05) is 5.32 Å². The molecule has 0 heterocycles. The van der Waals surface area contributed by atoms with Crippen LogP contribution in [0.5, 0.6) is 0 Å². The van der Waals surface area contributed by atoms with Crippen LogP contribution in [-0.2, 0) is 16.0 Å². The molecule has 1 amide bonds. The summed E-state index contributed by atoms with van der Waals surface area (Å²) in [6.45, 7) is 3.19. The molecule has 2 aromatic rings. The Morgan fingerprint density at radius 3 is 2.41 bits per heavy atom. The second-order valence-electron chi connectivity index (χ2n) is 6.50. The number of carboxylic acid groups (broad SMARTS) is 1. The van der Waals surface area contributed by atoms with Crippen LogP contribution in [0.4, 0.5) is 5.69 Å². The molecule has 0 bridgehead atoms. The highest BCUT2D eigenvalue weighted by molar-refractivity contribution is 8.15. The Labute approximate surface area is 163 Å². The molecule has 142 valence electrons. The number of carboxylic acids is 1. The Morgan fingerprint density at radius 2 is 1.78 bits per heavy atom. The average Bonchev–Trinajstić information content (AvgIpc) is 2.62. The van der Waals surface area contributed by atoms with Crippen LogP contribution >= 0.6 is 11.8 Å². The van der Waals surface area contributed by atoms with Crippen molar-refractivity contribution >= 4 is 34.4 Å². The molecule has 1 unspecified atom stereocenters. The zero-order valence-electron chi connectivity index (χ0n) is 15.4. The molecule has 1 atom stereocenters. The number of rotatable bonds is 8. The molecule has 0 saturated carbocycles. The van der Waals surface area contributed by atoms with Gasteiger partial charge in [0.25, 0.3) is 0 Å². The van der Waals surface area contributed by atoms with Crippen LogP contribution in [0.25, 0.3) is 0 Å². The lowest BCUT2D eigenvalue weighted by molar-refractivity contribution is -0.118. The first-order chi connectivity index (χ1) is 12.8. The minimum atomic E-state index is -1.06. The molecule has 6 heteroatoms. The number of carbonyl (C=O) groups excluding carboxylic acids is 2. The summed E-state index contributed by atoms with van der Waals surface area (Å²) in [4.78, 5) is 35.7. The van der Waals surface area contributed by atoms with Crippen LogP contribution in [0.2, 0.25) is 0 Å². The lowest BCUT2D eigenvalue weighted by atomic mass is 9.99. The van der Waals surface area contributed by atoms with E-state index in [1.165, 1.54) is 24.6 Å².